The number of hydrogen-bond donors (Lipinski definition) is 3. The van der Waals surface area contributed by atoms with E-state index in [2.05, 4.69) is 5.32 Å². The number of halogens is 1. The van der Waals surface area contributed by atoms with Gasteiger partial charge in [-0.3, -0.25) is 4.79 Å². The van der Waals surface area contributed by atoms with Crippen molar-refractivity contribution in [3.63, 3.8) is 0 Å². The van der Waals surface area contributed by atoms with Crippen LogP contribution in [0.1, 0.15) is 30.6 Å². The molecule has 1 amide bonds. The van der Waals surface area contributed by atoms with Crippen LogP contribution in [0.5, 0.6) is 5.75 Å². The quantitative estimate of drug-likeness (QED) is 0.782. The Morgan fingerprint density at radius 2 is 2.06 bits per heavy atom. The van der Waals surface area contributed by atoms with Crippen molar-refractivity contribution in [3.05, 3.63) is 28.8 Å². The molecule has 18 heavy (non-hydrogen) atoms. The smallest absolute Gasteiger partial charge is 0.329 e. The standard InChI is InChI=1S/C12H14ClNO4/c1-3-12(2,11(17)18)14-10(16)8-6-7(13)4-5-9(8)15/h4-6,15H,3H2,1-2H3,(H,14,16)(H,17,18). The van der Waals surface area contributed by atoms with Crippen LogP contribution in [-0.4, -0.2) is 27.6 Å². The topological polar surface area (TPSA) is 86.6 Å². The predicted molar refractivity (Wildman–Crippen MR) is 66.9 cm³/mol. The van der Waals surface area contributed by atoms with E-state index in [4.69, 9.17) is 16.7 Å². The lowest BCUT2D eigenvalue weighted by Gasteiger charge is -2.24. The van der Waals surface area contributed by atoms with Gasteiger partial charge in [-0.1, -0.05) is 18.5 Å². The van der Waals surface area contributed by atoms with Gasteiger partial charge >= 0.3 is 5.97 Å². The summed E-state index contributed by atoms with van der Waals surface area (Å²) in [6, 6.07) is 4.00. The second kappa shape index (κ2) is 5.27. The Morgan fingerprint density at radius 3 is 2.56 bits per heavy atom. The molecule has 0 radical (unpaired) electrons. The number of carbonyl (C=O) groups is 2. The molecule has 0 aliphatic heterocycles. The third-order valence-corrected chi connectivity index (χ3v) is 3.01. The molecule has 1 unspecified atom stereocenters. The van der Waals surface area contributed by atoms with Gasteiger partial charge in [0.1, 0.15) is 11.3 Å². The normalized spacial score (nSPS) is 13.7. The van der Waals surface area contributed by atoms with Gasteiger partial charge in [0.2, 0.25) is 0 Å². The molecule has 1 aromatic carbocycles. The summed E-state index contributed by atoms with van der Waals surface area (Å²) in [4.78, 5) is 23.0. The summed E-state index contributed by atoms with van der Waals surface area (Å²) in [7, 11) is 0. The maximum absolute atomic E-state index is 11.9. The van der Waals surface area contributed by atoms with Crippen LogP contribution in [0.25, 0.3) is 0 Å². The fraction of sp³-hybridized carbons (Fsp3) is 0.333. The van der Waals surface area contributed by atoms with E-state index in [1.54, 1.807) is 6.92 Å². The fourth-order valence-electron chi connectivity index (χ4n) is 1.30. The minimum Gasteiger partial charge on any atom is -0.507 e. The van der Waals surface area contributed by atoms with Crippen molar-refractivity contribution in [2.75, 3.05) is 0 Å². The van der Waals surface area contributed by atoms with E-state index < -0.39 is 17.4 Å². The summed E-state index contributed by atoms with van der Waals surface area (Å²) in [6.45, 7) is 3.04. The second-order valence-corrected chi connectivity index (χ2v) is 4.54. The van der Waals surface area contributed by atoms with Crippen LogP contribution in [-0.2, 0) is 4.79 Å². The molecule has 0 heterocycles. The number of phenols is 1. The Balaban J connectivity index is 3.02. The number of hydrogen-bond acceptors (Lipinski definition) is 3. The van der Waals surface area contributed by atoms with E-state index in [0.29, 0.717) is 0 Å². The third-order valence-electron chi connectivity index (χ3n) is 2.77. The van der Waals surface area contributed by atoms with Crippen molar-refractivity contribution in [1.82, 2.24) is 5.32 Å². The van der Waals surface area contributed by atoms with Crippen molar-refractivity contribution in [2.45, 2.75) is 25.8 Å². The minimum absolute atomic E-state index is 0.0524. The number of aromatic hydroxyl groups is 1. The number of rotatable bonds is 4. The zero-order valence-corrected chi connectivity index (χ0v) is 10.8. The number of phenolic OH excluding ortho intramolecular Hbond substituents is 1. The monoisotopic (exact) mass is 271 g/mol. The van der Waals surface area contributed by atoms with E-state index >= 15 is 0 Å². The molecule has 6 heteroatoms. The Kier molecular flexibility index (Phi) is 4.19. The summed E-state index contributed by atoms with van der Waals surface area (Å²) in [5, 5.41) is 21.2. The third kappa shape index (κ3) is 2.92. The summed E-state index contributed by atoms with van der Waals surface area (Å²) in [5.74, 6) is -2.07. The van der Waals surface area contributed by atoms with Crippen molar-refractivity contribution in [2.24, 2.45) is 0 Å². The largest absolute Gasteiger partial charge is 0.507 e. The number of nitrogens with one attached hydrogen (secondary N) is 1. The maximum atomic E-state index is 11.9. The molecule has 0 fully saturated rings. The number of carboxylic acid groups (broad SMARTS) is 1. The highest BCUT2D eigenvalue weighted by Gasteiger charge is 2.33. The molecular weight excluding hydrogens is 258 g/mol. The molecule has 0 saturated heterocycles. The molecule has 0 aliphatic carbocycles. The van der Waals surface area contributed by atoms with Gasteiger partial charge in [0, 0.05) is 5.02 Å². The lowest BCUT2D eigenvalue weighted by atomic mass is 9.98. The zero-order chi connectivity index (χ0) is 13.9. The van der Waals surface area contributed by atoms with Crippen LogP contribution in [0, 0.1) is 0 Å². The molecule has 1 aromatic rings. The first-order chi connectivity index (χ1) is 8.30. The van der Waals surface area contributed by atoms with E-state index in [1.807, 2.05) is 0 Å². The van der Waals surface area contributed by atoms with Crippen LogP contribution in [0.3, 0.4) is 0 Å². The van der Waals surface area contributed by atoms with Crippen LogP contribution in [0.4, 0.5) is 0 Å². The number of carbonyl (C=O) groups excluding carboxylic acids is 1. The summed E-state index contributed by atoms with van der Waals surface area (Å²) < 4.78 is 0. The number of amides is 1. The number of benzene rings is 1. The Bertz CT molecular complexity index is 489. The lowest BCUT2D eigenvalue weighted by molar-refractivity contribution is -0.143. The SMILES string of the molecule is CCC(C)(NC(=O)c1cc(Cl)ccc1O)C(=O)O. The molecule has 3 N–H and O–H groups in total. The highest BCUT2D eigenvalue weighted by molar-refractivity contribution is 6.31. The van der Waals surface area contributed by atoms with Gasteiger partial charge in [-0.2, -0.15) is 0 Å². The molecule has 0 spiro atoms. The van der Waals surface area contributed by atoms with E-state index in [1.165, 1.54) is 25.1 Å². The molecule has 1 atom stereocenters. The highest BCUT2D eigenvalue weighted by Crippen LogP contribution is 2.22. The Labute approximate surface area is 109 Å². The number of carboxylic acids is 1. The van der Waals surface area contributed by atoms with Crippen molar-refractivity contribution in [3.8, 4) is 5.75 Å². The van der Waals surface area contributed by atoms with Crippen molar-refractivity contribution in [1.29, 1.82) is 0 Å². The molecule has 0 saturated carbocycles. The fourth-order valence-corrected chi connectivity index (χ4v) is 1.47. The predicted octanol–water partition coefficient (Wildman–Crippen LogP) is 2.03. The Morgan fingerprint density at radius 1 is 1.44 bits per heavy atom. The summed E-state index contributed by atoms with van der Waals surface area (Å²) in [6.07, 6.45) is 0.218. The van der Waals surface area contributed by atoms with E-state index in [-0.39, 0.29) is 22.8 Å². The van der Waals surface area contributed by atoms with Crippen molar-refractivity contribution >= 4 is 23.5 Å². The molecule has 0 aliphatic rings. The van der Waals surface area contributed by atoms with Crippen LogP contribution < -0.4 is 5.32 Å². The van der Waals surface area contributed by atoms with E-state index in [0.717, 1.165) is 0 Å². The average molecular weight is 272 g/mol. The first-order valence-corrected chi connectivity index (χ1v) is 5.72. The highest BCUT2D eigenvalue weighted by atomic mass is 35.5. The van der Waals surface area contributed by atoms with Gasteiger partial charge in [0.05, 0.1) is 5.56 Å². The molecule has 1 rings (SSSR count). The maximum Gasteiger partial charge on any atom is 0.329 e. The average Bonchev–Trinajstić information content (AvgIpc) is 2.31. The molecule has 0 aromatic heterocycles. The molecular formula is C12H14ClNO4. The van der Waals surface area contributed by atoms with Crippen molar-refractivity contribution < 1.29 is 19.8 Å². The van der Waals surface area contributed by atoms with Crippen LogP contribution >= 0.6 is 11.6 Å². The zero-order valence-electron chi connectivity index (χ0n) is 10.0. The minimum atomic E-state index is -1.38. The van der Waals surface area contributed by atoms with Gasteiger partial charge in [0.15, 0.2) is 0 Å². The van der Waals surface area contributed by atoms with Gasteiger partial charge in [0.25, 0.3) is 5.91 Å². The van der Waals surface area contributed by atoms with Crippen LogP contribution in [0.15, 0.2) is 18.2 Å². The molecule has 98 valence electrons. The first-order valence-electron chi connectivity index (χ1n) is 5.34. The van der Waals surface area contributed by atoms with Gasteiger partial charge < -0.3 is 15.5 Å². The van der Waals surface area contributed by atoms with Gasteiger partial charge in [-0.05, 0) is 31.5 Å². The summed E-state index contributed by atoms with van der Waals surface area (Å²) in [5.41, 5.74) is -1.44. The van der Waals surface area contributed by atoms with Gasteiger partial charge in [-0.25, -0.2) is 4.79 Å². The van der Waals surface area contributed by atoms with E-state index in [9.17, 15) is 14.7 Å². The second-order valence-electron chi connectivity index (χ2n) is 4.11. The van der Waals surface area contributed by atoms with Gasteiger partial charge in [-0.15, -0.1) is 0 Å². The first kappa shape index (κ1) is 14.3. The Hall–Kier alpha value is -1.75. The lowest BCUT2D eigenvalue weighted by Crippen LogP contribution is -2.51. The molecule has 5 nitrogen and oxygen atoms in total. The molecule has 0 bridgehead atoms. The number of aliphatic carboxylic acids is 1. The summed E-state index contributed by atoms with van der Waals surface area (Å²) >= 11 is 5.72. The van der Waals surface area contributed by atoms with Crippen LogP contribution in [0.2, 0.25) is 5.02 Å².